The third-order valence-corrected chi connectivity index (χ3v) is 5.50. The molecular weight excluding hydrogens is 296 g/mol. The van der Waals surface area contributed by atoms with Crippen molar-refractivity contribution in [3.05, 3.63) is 20.8 Å². The molecule has 0 radical (unpaired) electrons. The lowest BCUT2D eigenvalue weighted by Crippen LogP contribution is -2.61. The van der Waals surface area contributed by atoms with E-state index in [4.69, 9.17) is 0 Å². The number of piperazine rings is 1. The first-order valence-corrected chi connectivity index (χ1v) is 7.92. The molecule has 0 saturated carbocycles. The highest BCUT2D eigenvalue weighted by atomic mass is 79.9. The zero-order valence-electron chi connectivity index (χ0n) is 10.8. The molecule has 1 aromatic heterocycles. The first kappa shape index (κ1) is 13.5. The van der Waals surface area contributed by atoms with Crippen LogP contribution in [0.4, 0.5) is 0 Å². The third kappa shape index (κ3) is 3.11. The van der Waals surface area contributed by atoms with Gasteiger partial charge < -0.3 is 5.32 Å². The molecule has 1 aliphatic rings. The number of rotatable bonds is 3. The summed E-state index contributed by atoms with van der Waals surface area (Å²) >= 11 is 5.38. The maximum Gasteiger partial charge on any atom is 0.0334 e. The molecule has 2 unspecified atom stereocenters. The van der Waals surface area contributed by atoms with Crippen molar-refractivity contribution in [1.29, 1.82) is 0 Å². The Labute approximate surface area is 117 Å². The van der Waals surface area contributed by atoms with Gasteiger partial charge >= 0.3 is 0 Å². The smallest absolute Gasteiger partial charge is 0.0334 e. The standard InChI is InChI=1S/C13H21BrN2S/c1-4-13(3)9-15-10(2)6-16(13)7-12-5-11(14)8-17-12/h5,8,10,15H,4,6-7,9H2,1-3H3. The molecule has 0 aliphatic carbocycles. The summed E-state index contributed by atoms with van der Waals surface area (Å²) in [5, 5.41) is 5.77. The van der Waals surface area contributed by atoms with Gasteiger partial charge in [0.2, 0.25) is 0 Å². The van der Waals surface area contributed by atoms with Crippen LogP contribution < -0.4 is 5.32 Å². The van der Waals surface area contributed by atoms with Crippen LogP contribution in [0.1, 0.15) is 32.1 Å². The summed E-state index contributed by atoms with van der Waals surface area (Å²) < 4.78 is 1.21. The Hall–Kier alpha value is 0.1000. The average molecular weight is 317 g/mol. The van der Waals surface area contributed by atoms with Gasteiger partial charge in [-0.2, -0.15) is 0 Å². The average Bonchev–Trinajstić information content (AvgIpc) is 2.70. The minimum atomic E-state index is 0.295. The second-order valence-corrected chi connectivity index (χ2v) is 7.16. The van der Waals surface area contributed by atoms with Crippen molar-refractivity contribution in [2.75, 3.05) is 13.1 Å². The molecule has 0 amide bonds. The number of nitrogens with one attached hydrogen (secondary N) is 1. The minimum Gasteiger partial charge on any atom is -0.311 e. The molecule has 1 aromatic rings. The van der Waals surface area contributed by atoms with Crippen LogP contribution in [-0.4, -0.2) is 29.6 Å². The third-order valence-electron chi connectivity index (χ3n) is 3.82. The topological polar surface area (TPSA) is 15.3 Å². The molecule has 17 heavy (non-hydrogen) atoms. The lowest BCUT2D eigenvalue weighted by molar-refractivity contribution is 0.0462. The number of halogens is 1. The molecule has 0 aromatic carbocycles. The number of nitrogens with zero attached hydrogens (tertiary/aromatic N) is 1. The predicted octanol–water partition coefficient (Wildman–Crippen LogP) is 3.47. The van der Waals surface area contributed by atoms with Crippen molar-refractivity contribution in [2.24, 2.45) is 0 Å². The van der Waals surface area contributed by atoms with E-state index in [9.17, 15) is 0 Å². The van der Waals surface area contributed by atoms with Crippen molar-refractivity contribution in [3.8, 4) is 0 Å². The molecule has 2 nitrogen and oxygen atoms in total. The molecule has 1 aliphatic heterocycles. The fourth-order valence-corrected chi connectivity index (χ4v) is 3.82. The Morgan fingerprint density at radius 3 is 3.00 bits per heavy atom. The molecule has 0 spiro atoms. The van der Waals surface area contributed by atoms with E-state index in [0.717, 1.165) is 19.6 Å². The SMILES string of the molecule is CCC1(C)CNC(C)CN1Cc1cc(Br)cs1. The van der Waals surface area contributed by atoms with E-state index >= 15 is 0 Å². The summed E-state index contributed by atoms with van der Waals surface area (Å²) in [5.74, 6) is 0. The first-order valence-electron chi connectivity index (χ1n) is 6.25. The molecule has 2 atom stereocenters. The molecule has 0 bridgehead atoms. The highest BCUT2D eigenvalue weighted by Gasteiger charge is 2.34. The molecule has 1 fully saturated rings. The zero-order valence-corrected chi connectivity index (χ0v) is 13.2. The highest BCUT2D eigenvalue weighted by Crippen LogP contribution is 2.28. The van der Waals surface area contributed by atoms with Crippen LogP contribution >= 0.6 is 27.3 Å². The van der Waals surface area contributed by atoms with Gasteiger partial charge in [-0.15, -0.1) is 11.3 Å². The summed E-state index contributed by atoms with van der Waals surface area (Å²) in [7, 11) is 0. The lowest BCUT2D eigenvalue weighted by Gasteiger charge is -2.47. The number of hydrogen-bond acceptors (Lipinski definition) is 3. The van der Waals surface area contributed by atoms with E-state index in [1.165, 1.54) is 15.8 Å². The van der Waals surface area contributed by atoms with Crippen LogP contribution in [0.15, 0.2) is 15.9 Å². The molecule has 2 rings (SSSR count). The number of hydrogen-bond donors (Lipinski definition) is 1. The van der Waals surface area contributed by atoms with E-state index in [1.807, 2.05) is 11.3 Å². The van der Waals surface area contributed by atoms with E-state index < -0.39 is 0 Å². The Balaban J connectivity index is 2.10. The Morgan fingerprint density at radius 2 is 2.41 bits per heavy atom. The van der Waals surface area contributed by atoms with Crippen molar-refractivity contribution in [2.45, 2.75) is 45.3 Å². The van der Waals surface area contributed by atoms with Gasteiger partial charge in [0.05, 0.1) is 0 Å². The van der Waals surface area contributed by atoms with Gasteiger partial charge in [-0.05, 0) is 42.3 Å². The van der Waals surface area contributed by atoms with E-state index in [1.54, 1.807) is 0 Å². The molecule has 2 heterocycles. The fourth-order valence-electron chi connectivity index (χ4n) is 2.35. The van der Waals surface area contributed by atoms with Gasteiger partial charge in [0.25, 0.3) is 0 Å². The van der Waals surface area contributed by atoms with Crippen LogP contribution in [0, 0.1) is 0 Å². The fraction of sp³-hybridized carbons (Fsp3) is 0.692. The van der Waals surface area contributed by atoms with Gasteiger partial charge in [0.1, 0.15) is 0 Å². The summed E-state index contributed by atoms with van der Waals surface area (Å²) in [6, 6.07) is 2.84. The first-order chi connectivity index (χ1) is 8.03. The van der Waals surface area contributed by atoms with Gasteiger partial charge in [0, 0.05) is 45.9 Å². The van der Waals surface area contributed by atoms with Crippen LogP contribution in [0.25, 0.3) is 0 Å². The molecule has 4 heteroatoms. The maximum absolute atomic E-state index is 3.60. The number of thiophene rings is 1. The Morgan fingerprint density at radius 1 is 1.65 bits per heavy atom. The highest BCUT2D eigenvalue weighted by molar-refractivity contribution is 9.10. The van der Waals surface area contributed by atoms with E-state index in [-0.39, 0.29) is 0 Å². The van der Waals surface area contributed by atoms with E-state index in [2.05, 4.69) is 58.4 Å². The van der Waals surface area contributed by atoms with Crippen LogP contribution in [-0.2, 0) is 6.54 Å². The van der Waals surface area contributed by atoms with Crippen LogP contribution in [0.3, 0.4) is 0 Å². The molecule has 96 valence electrons. The summed E-state index contributed by atoms with van der Waals surface area (Å²) in [4.78, 5) is 4.08. The van der Waals surface area contributed by atoms with E-state index in [0.29, 0.717) is 11.6 Å². The second kappa shape index (κ2) is 5.39. The Bertz CT molecular complexity index is 379. The molecular formula is C13H21BrN2S. The largest absolute Gasteiger partial charge is 0.311 e. The van der Waals surface area contributed by atoms with Crippen molar-refractivity contribution < 1.29 is 0 Å². The molecule has 1 N–H and O–H groups in total. The quantitative estimate of drug-likeness (QED) is 0.918. The summed E-state index contributed by atoms with van der Waals surface area (Å²) in [6.45, 7) is 10.2. The Kier molecular flexibility index (Phi) is 4.29. The van der Waals surface area contributed by atoms with Crippen molar-refractivity contribution in [1.82, 2.24) is 10.2 Å². The summed E-state index contributed by atoms with van der Waals surface area (Å²) in [6.07, 6.45) is 1.19. The monoisotopic (exact) mass is 316 g/mol. The van der Waals surface area contributed by atoms with Crippen LogP contribution in [0.5, 0.6) is 0 Å². The van der Waals surface area contributed by atoms with Crippen molar-refractivity contribution in [3.63, 3.8) is 0 Å². The normalized spacial score (nSPS) is 30.7. The minimum absolute atomic E-state index is 0.295. The van der Waals surface area contributed by atoms with Gasteiger partial charge in [-0.1, -0.05) is 6.92 Å². The second-order valence-electron chi connectivity index (χ2n) is 5.24. The van der Waals surface area contributed by atoms with Crippen LogP contribution in [0.2, 0.25) is 0 Å². The predicted molar refractivity (Wildman–Crippen MR) is 78.6 cm³/mol. The molecule has 1 saturated heterocycles. The van der Waals surface area contributed by atoms with Gasteiger partial charge in [-0.3, -0.25) is 4.90 Å². The lowest BCUT2D eigenvalue weighted by atomic mass is 9.92. The summed E-state index contributed by atoms with van der Waals surface area (Å²) in [5.41, 5.74) is 0.295. The van der Waals surface area contributed by atoms with Crippen molar-refractivity contribution >= 4 is 27.3 Å². The zero-order chi connectivity index (χ0) is 12.5. The maximum atomic E-state index is 3.60. The van der Waals surface area contributed by atoms with Gasteiger partial charge in [-0.25, -0.2) is 0 Å². The van der Waals surface area contributed by atoms with Gasteiger partial charge in [0.15, 0.2) is 0 Å².